The molecule has 0 saturated heterocycles. The van der Waals surface area contributed by atoms with E-state index in [0.717, 1.165) is 16.2 Å². The average molecular weight is 167 g/mol. The summed E-state index contributed by atoms with van der Waals surface area (Å²) in [5, 5.41) is 0.774. The van der Waals surface area contributed by atoms with Crippen molar-refractivity contribution in [3.05, 3.63) is 35.2 Å². The third-order valence-electron chi connectivity index (χ3n) is 1.67. The minimum absolute atomic E-state index is 0.774. The van der Waals surface area contributed by atoms with Crippen LogP contribution in [0.5, 0.6) is 0 Å². The molecule has 2 rings (SSSR count). The van der Waals surface area contributed by atoms with Crippen molar-refractivity contribution in [2.45, 2.75) is 6.92 Å². The summed E-state index contributed by atoms with van der Waals surface area (Å²) in [6.45, 7) is 1.97. The Morgan fingerprint density at radius 1 is 1.55 bits per heavy atom. The van der Waals surface area contributed by atoms with E-state index >= 15 is 0 Å². The van der Waals surface area contributed by atoms with Crippen LogP contribution in [0.2, 0.25) is 5.02 Å². The Morgan fingerprint density at radius 2 is 2.36 bits per heavy atom. The topological polar surface area (TPSA) is 17.3 Å². The number of hydrogen-bond donors (Lipinski definition) is 0. The Hall–Kier alpha value is -1.02. The zero-order chi connectivity index (χ0) is 7.84. The maximum Gasteiger partial charge on any atom is 0.136 e. The van der Waals surface area contributed by atoms with E-state index in [-0.39, 0.29) is 0 Å². The molecule has 0 spiro atoms. The highest BCUT2D eigenvalue weighted by atomic mass is 35.5. The van der Waals surface area contributed by atoms with E-state index in [0.29, 0.717) is 0 Å². The smallest absolute Gasteiger partial charge is 0.136 e. The second-order valence-corrected chi connectivity index (χ2v) is 2.90. The van der Waals surface area contributed by atoms with Crippen molar-refractivity contribution in [1.29, 1.82) is 0 Å². The number of rotatable bonds is 0. The molecule has 0 amide bonds. The highest BCUT2D eigenvalue weighted by molar-refractivity contribution is 6.31. The largest absolute Gasteiger partial charge is 0.306 e. The van der Waals surface area contributed by atoms with Crippen molar-refractivity contribution in [1.82, 2.24) is 9.38 Å². The minimum atomic E-state index is 0.774. The van der Waals surface area contributed by atoms with Gasteiger partial charge in [0.2, 0.25) is 0 Å². The molecule has 0 unspecified atom stereocenters. The van der Waals surface area contributed by atoms with Crippen LogP contribution in [0.15, 0.2) is 24.7 Å². The number of fused-ring (bicyclic) bond motifs is 1. The van der Waals surface area contributed by atoms with Crippen LogP contribution in [0.1, 0.15) is 5.56 Å². The molecule has 2 heterocycles. The van der Waals surface area contributed by atoms with E-state index < -0.39 is 0 Å². The van der Waals surface area contributed by atoms with Crippen LogP contribution in [-0.4, -0.2) is 9.38 Å². The van der Waals surface area contributed by atoms with E-state index in [4.69, 9.17) is 11.6 Å². The van der Waals surface area contributed by atoms with Gasteiger partial charge in [-0.25, -0.2) is 4.98 Å². The minimum Gasteiger partial charge on any atom is -0.306 e. The predicted octanol–water partition coefficient (Wildman–Crippen LogP) is 2.30. The molecule has 0 aliphatic carbocycles. The summed E-state index contributed by atoms with van der Waals surface area (Å²) in [5.41, 5.74) is 2.00. The SMILES string of the molecule is Cc1cc2nccn2cc1Cl. The van der Waals surface area contributed by atoms with Crippen LogP contribution in [-0.2, 0) is 0 Å². The molecule has 0 saturated carbocycles. The lowest BCUT2D eigenvalue weighted by molar-refractivity contribution is 1.17. The van der Waals surface area contributed by atoms with Crippen molar-refractivity contribution in [2.24, 2.45) is 0 Å². The normalized spacial score (nSPS) is 10.7. The molecular weight excluding hydrogens is 160 g/mol. The van der Waals surface area contributed by atoms with Crippen LogP contribution in [0.4, 0.5) is 0 Å². The van der Waals surface area contributed by atoms with E-state index in [1.165, 1.54) is 0 Å². The number of pyridine rings is 1. The van der Waals surface area contributed by atoms with Crippen molar-refractivity contribution < 1.29 is 0 Å². The average Bonchev–Trinajstić information content (AvgIpc) is 2.36. The number of aryl methyl sites for hydroxylation is 1. The first-order valence-electron chi connectivity index (χ1n) is 3.36. The number of hydrogen-bond acceptors (Lipinski definition) is 1. The van der Waals surface area contributed by atoms with Gasteiger partial charge >= 0.3 is 0 Å². The molecule has 0 N–H and O–H groups in total. The second kappa shape index (κ2) is 2.24. The molecule has 0 aliphatic heterocycles. The molecule has 0 fully saturated rings. The lowest BCUT2D eigenvalue weighted by Crippen LogP contribution is -1.84. The van der Waals surface area contributed by atoms with Gasteiger partial charge in [-0.3, -0.25) is 0 Å². The first-order chi connectivity index (χ1) is 5.27. The second-order valence-electron chi connectivity index (χ2n) is 2.50. The van der Waals surface area contributed by atoms with Gasteiger partial charge in [-0.1, -0.05) is 11.6 Å². The van der Waals surface area contributed by atoms with Crippen LogP contribution in [0, 0.1) is 6.92 Å². The molecule has 2 aromatic heterocycles. The molecule has 56 valence electrons. The predicted molar refractivity (Wildman–Crippen MR) is 44.9 cm³/mol. The Morgan fingerprint density at radius 3 is 3.18 bits per heavy atom. The van der Waals surface area contributed by atoms with Gasteiger partial charge < -0.3 is 4.40 Å². The maximum atomic E-state index is 5.90. The molecule has 0 bridgehead atoms. The fourth-order valence-corrected chi connectivity index (χ4v) is 1.19. The van der Waals surface area contributed by atoms with Crippen LogP contribution in [0.3, 0.4) is 0 Å². The van der Waals surface area contributed by atoms with Gasteiger partial charge in [0, 0.05) is 18.6 Å². The fraction of sp³-hybridized carbons (Fsp3) is 0.125. The number of aromatic nitrogens is 2. The van der Waals surface area contributed by atoms with Gasteiger partial charge in [0.1, 0.15) is 5.65 Å². The van der Waals surface area contributed by atoms with E-state index in [9.17, 15) is 0 Å². The summed E-state index contributed by atoms with van der Waals surface area (Å²) in [4.78, 5) is 4.12. The zero-order valence-electron chi connectivity index (χ0n) is 6.08. The third-order valence-corrected chi connectivity index (χ3v) is 2.07. The lowest BCUT2D eigenvalue weighted by atomic mass is 10.3. The molecule has 0 atom stereocenters. The van der Waals surface area contributed by atoms with Gasteiger partial charge in [0.05, 0.1) is 5.02 Å². The molecule has 2 aromatic rings. The van der Waals surface area contributed by atoms with Gasteiger partial charge in [-0.05, 0) is 18.6 Å². The zero-order valence-corrected chi connectivity index (χ0v) is 6.84. The summed E-state index contributed by atoms with van der Waals surface area (Å²) >= 11 is 5.90. The monoisotopic (exact) mass is 166 g/mol. The third kappa shape index (κ3) is 0.994. The molecule has 11 heavy (non-hydrogen) atoms. The molecule has 0 radical (unpaired) electrons. The molecule has 0 aliphatic rings. The van der Waals surface area contributed by atoms with E-state index in [2.05, 4.69) is 4.98 Å². The summed E-state index contributed by atoms with van der Waals surface area (Å²) in [5.74, 6) is 0. The number of halogens is 1. The van der Waals surface area contributed by atoms with E-state index in [1.54, 1.807) is 6.20 Å². The fourth-order valence-electron chi connectivity index (χ4n) is 1.03. The molecule has 0 aromatic carbocycles. The highest BCUT2D eigenvalue weighted by Crippen LogP contribution is 2.15. The number of nitrogens with zero attached hydrogens (tertiary/aromatic N) is 2. The number of imidazole rings is 1. The Kier molecular flexibility index (Phi) is 1.36. The first-order valence-corrected chi connectivity index (χ1v) is 3.74. The summed E-state index contributed by atoms with van der Waals surface area (Å²) < 4.78 is 1.90. The molecule has 2 nitrogen and oxygen atoms in total. The highest BCUT2D eigenvalue weighted by Gasteiger charge is 1.97. The lowest BCUT2D eigenvalue weighted by Gasteiger charge is -1.97. The summed E-state index contributed by atoms with van der Waals surface area (Å²) in [6, 6.07) is 1.96. The first kappa shape index (κ1) is 6.68. The Bertz CT molecular complexity index is 356. The van der Waals surface area contributed by atoms with Crippen molar-refractivity contribution in [3.8, 4) is 0 Å². The van der Waals surface area contributed by atoms with Crippen molar-refractivity contribution in [2.75, 3.05) is 0 Å². The standard InChI is InChI=1S/C8H7ClN2/c1-6-4-8-10-2-3-11(8)5-7(6)9/h2-5H,1H3. The Labute approximate surface area is 69.4 Å². The van der Waals surface area contributed by atoms with Gasteiger partial charge in [0.25, 0.3) is 0 Å². The molecular formula is C8H7ClN2. The van der Waals surface area contributed by atoms with Gasteiger partial charge in [-0.2, -0.15) is 0 Å². The summed E-state index contributed by atoms with van der Waals surface area (Å²) in [7, 11) is 0. The van der Waals surface area contributed by atoms with Crippen molar-refractivity contribution >= 4 is 17.2 Å². The molecule has 3 heteroatoms. The van der Waals surface area contributed by atoms with E-state index in [1.807, 2.05) is 29.8 Å². The maximum absolute atomic E-state index is 5.90. The summed E-state index contributed by atoms with van der Waals surface area (Å²) in [6.07, 6.45) is 5.49. The van der Waals surface area contributed by atoms with Crippen molar-refractivity contribution in [3.63, 3.8) is 0 Å². The quantitative estimate of drug-likeness (QED) is 0.587. The van der Waals surface area contributed by atoms with Crippen LogP contribution in [0.25, 0.3) is 5.65 Å². The van der Waals surface area contributed by atoms with Gasteiger partial charge in [0.15, 0.2) is 0 Å². The van der Waals surface area contributed by atoms with Gasteiger partial charge in [-0.15, -0.1) is 0 Å². The van der Waals surface area contributed by atoms with Crippen LogP contribution >= 0.6 is 11.6 Å². The van der Waals surface area contributed by atoms with Crippen LogP contribution < -0.4 is 0 Å². The Balaban J connectivity index is 2.86.